The molecular formula is C16H15N3O5. The number of nitrogens with one attached hydrogen (secondary N) is 2. The zero-order valence-corrected chi connectivity index (χ0v) is 12.7. The van der Waals surface area contributed by atoms with Crippen LogP contribution in [0.4, 0.5) is 5.69 Å². The van der Waals surface area contributed by atoms with Crippen LogP contribution in [0.5, 0.6) is 17.2 Å². The molecular weight excluding hydrogens is 314 g/mol. The summed E-state index contributed by atoms with van der Waals surface area (Å²) in [5, 5.41) is 24.7. The van der Waals surface area contributed by atoms with Crippen LogP contribution in [0.25, 0.3) is 0 Å². The van der Waals surface area contributed by atoms with Crippen molar-refractivity contribution in [2.24, 2.45) is 5.10 Å². The number of hydrogen-bond donors (Lipinski definition) is 4. The largest absolute Gasteiger partial charge is 0.508 e. The molecule has 2 aromatic rings. The van der Waals surface area contributed by atoms with E-state index < -0.39 is 11.8 Å². The molecule has 8 heteroatoms. The van der Waals surface area contributed by atoms with E-state index in [1.54, 1.807) is 24.3 Å². The van der Waals surface area contributed by atoms with Gasteiger partial charge in [-0.3, -0.25) is 9.59 Å². The number of methoxy groups -OCH3 is 1. The van der Waals surface area contributed by atoms with Gasteiger partial charge in [0, 0.05) is 11.6 Å². The molecule has 0 fully saturated rings. The van der Waals surface area contributed by atoms with Crippen molar-refractivity contribution < 1.29 is 24.5 Å². The minimum Gasteiger partial charge on any atom is -0.508 e. The lowest BCUT2D eigenvalue weighted by atomic mass is 10.2. The second-order valence-corrected chi connectivity index (χ2v) is 4.60. The number of para-hydroxylation sites is 2. The molecule has 8 nitrogen and oxygen atoms in total. The van der Waals surface area contributed by atoms with Crippen LogP contribution in [0.1, 0.15) is 5.56 Å². The number of amides is 2. The lowest BCUT2D eigenvalue weighted by Crippen LogP contribution is -2.32. The monoisotopic (exact) mass is 329 g/mol. The maximum atomic E-state index is 11.8. The van der Waals surface area contributed by atoms with E-state index in [-0.39, 0.29) is 17.1 Å². The number of carbonyl (C=O) groups is 2. The highest BCUT2D eigenvalue weighted by Gasteiger charge is 2.14. The van der Waals surface area contributed by atoms with E-state index >= 15 is 0 Å². The third kappa shape index (κ3) is 4.23. The quantitative estimate of drug-likeness (QED) is 0.381. The molecule has 0 spiro atoms. The summed E-state index contributed by atoms with van der Waals surface area (Å²) < 4.78 is 5.06. The van der Waals surface area contributed by atoms with Crippen molar-refractivity contribution in [2.75, 3.05) is 12.4 Å². The van der Waals surface area contributed by atoms with E-state index in [4.69, 9.17) is 9.84 Å². The van der Waals surface area contributed by atoms with Crippen molar-refractivity contribution in [1.82, 2.24) is 5.43 Å². The predicted molar refractivity (Wildman–Crippen MR) is 87.1 cm³/mol. The van der Waals surface area contributed by atoms with Crippen molar-refractivity contribution in [3.63, 3.8) is 0 Å². The topological polar surface area (TPSA) is 120 Å². The molecule has 4 N–H and O–H groups in total. The zero-order valence-electron chi connectivity index (χ0n) is 12.7. The van der Waals surface area contributed by atoms with Crippen LogP contribution >= 0.6 is 0 Å². The summed E-state index contributed by atoms with van der Waals surface area (Å²) in [6, 6.07) is 10.5. The van der Waals surface area contributed by atoms with Gasteiger partial charge in [-0.2, -0.15) is 5.10 Å². The van der Waals surface area contributed by atoms with Gasteiger partial charge in [-0.05, 0) is 24.3 Å². The average molecular weight is 329 g/mol. The molecule has 124 valence electrons. The number of ether oxygens (including phenoxy) is 1. The number of rotatable bonds is 4. The van der Waals surface area contributed by atoms with Crippen molar-refractivity contribution in [3.05, 3.63) is 48.0 Å². The van der Waals surface area contributed by atoms with Gasteiger partial charge >= 0.3 is 11.8 Å². The number of benzene rings is 2. The Labute approximate surface area is 137 Å². The first-order valence-electron chi connectivity index (χ1n) is 6.80. The Bertz CT molecular complexity index is 789. The smallest absolute Gasteiger partial charge is 0.329 e. The second kappa shape index (κ2) is 7.63. The van der Waals surface area contributed by atoms with Gasteiger partial charge in [0.1, 0.15) is 17.2 Å². The predicted octanol–water partition coefficient (Wildman–Crippen LogP) is 1.20. The molecule has 0 unspecified atom stereocenters. The normalized spacial score (nSPS) is 10.4. The molecule has 0 aliphatic rings. The maximum absolute atomic E-state index is 11.8. The Hall–Kier alpha value is -3.55. The summed E-state index contributed by atoms with van der Waals surface area (Å²) in [5.74, 6) is -1.82. The van der Waals surface area contributed by atoms with E-state index in [1.165, 1.54) is 19.2 Å². The molecule has 2 rings (SSSR count). The molecule has 24 heavy (non-hydrogen) atoms. The van der Waals surface area contributed by atoms with Gasteiger partial charge in [-0.1, -0.05) is 12.1 Å². The Morgan fingerprint density at radius 2 is 1.88 bits per heavy atom. The summed E-state index contributed by atoms with van der Waals surface area (Å²) >= 11 is 0. The Kier molecular flexibility index (Phi) is 5.35. The number of carbonyl (C=O) groups excluding carboxylic acids is 2. The van der Waals surface area contributed by atoms with Gasteiger partial charge in [0.2, 0.25) is 0 Å². The summed E-state index contributed by atoms with van der Waals surface area (Å²) in [7, 11) is 1.44. The molecule has 0 radical (unpaired) electrons. The minimum atomic E-state index is -0.990. The van der Waals surface area contributed by atoms with Gasteiger partial charge in [-0.25, -0.2) is 5.43 Å². The van der Waals surface area contributed by atoms with Gasteiger partial charge in [0.05, 0.1) is 19.0 Å². The van der Waals surface area contributed by atoms with E-state index in [1.807, 2.05) is 5.43 Å². The van der Waals surface area contributed by atoms with E-state index in [0.717, 1.165) is 12.3 Å². The third-order valence-electron chi connectivity index (χ3n) is 2.95. The Balaban J connectivity index is 1.96. The Morgan fingerprint density at radius 1 is 1.12 bits per heavy atom. The molecule has 0 aromatic heterocycles. The fourth-order valence-corrected chi connectivity index (χ4v) is 1.78. The lowest BCUT2D eigenvalue weighted by molar-refractivity contribution is -0.136. The molecule has 2 amide bonds. The van der Waals surface area contributed by atoms with Crippen molar-refractivity contribution in [2.45, 2.75) is 0 Å². The van der Waals surface area contributed by atoms with Crippen LogP contribution < -0.4 is 15.5 Å². The molecule has 0 aliphatic carbocycles. The number of hydrazone groups is 1. The molecule has 0 saturated carbocycles. The molecule has 0 heterocycles. The average Bonchev–Trinajstić information content (AvgIpc) is 2.57. The van der Waals surface area contributed by atoms with Gasteiger partial charge < -0.3 is 20.3 Å². The maximum Gasteiger partial charge on any atom is 0.329 e. The summed E-state index contributed by atoms with van der Waals surface area (Å²) in [6.45, 7) is 0. The van der Waals surface area contributed by atoms with E-state index in [2.05, 4.69) is 10.4 Å². The van der Waals surface area contributed by atoms with Crippen LogP contribution in [0, 0.1) is 0 Å². The third-order valence-corrected chi connectivity index (χ3v) is 2.95. The first-order valence-corrected chi connectivity index (χ1v) is 6.80. The molecule has 0 bridgehead atoms. The highest BCUT2D eigenvalue weighted by molar-refractivity contribution is 6.39. The van der Waals surface area contributed by atoms with Crippen LogP contribution in [0.15, 0.2) is 47.6 Å². The highest BCUT2D eigenvalue weighted by atomic mass is 16.5. The standard InChI is InChI=1S/C16H15N3O5/c1-24-14-5-3-2-4-12(14)18-15(22)16(23)19-17-9-10-6-7-11(20)8-13(10)21/h2-9,20-21H,1H3,(H,18,22)(H,19,23). The number of phenolic OH excluding ortho intramolecular Hbond substituents is 2. The fraction of sp³-hybridized carbons (Fsp3) is 0.0625. The number of hydrogen-bond acceptors (Lipinski definition) is 6. The number of nitrogens with zero attached hydrogens (tertiary/aromatic N) is 1. The van der Waals surface area contributed by atoms with Crippen molar-refractivity contribution in [1.29, 1.82) is 0 Å². The SMILES string of the molecule is COc1ccccc1NC(=O)C(=O)NN=Cc1ccc(O)cc1O. The molecule has 0 aliphatic heterocycles. The summed E-state index contributed by atoms with van der Waals surface area (Å²) in [5.41, 5.74) is 2.64. The number of phenols is 2. The van der Waals surface area contributed by atoms with Crippen LogP contribution in [0.2, 0.25) is 0 Å². The Morgan fingerprint density at radius 3 is 2.58 bits per heavy atom. The molecule has 2 aromatic carbocycles. The second-order valence-electron chi connectivity index (χ2n) is 4.60. The summed E-state index contributed by atoms with van der Waals surface area (Å²) in [4.78, 5) is 23.5. The lowest BCUT2D eigenvalue weighted by Gasteiger charge is -2.08. The molecule has 0 atom stereocenters. The number of anilines is 1. The fourth-order valence-electron chi connectivity index (χ4n) is 1.78. The van der Waals surface area contributed by atoms with Crippen LogP contribution in [-0.4, -0.2) is 35.4 Å². The van der Waals surface area contributed by atoms with Crippen LogP contribution in [0.3, 0.4) is 0 Å². The van der Waals surface area contributed by atoms with Gasteiger partial charge in [0.15, 0.2) is 0 Å². The molecule has 0 saturated heterocycles. The van der Waals surface area contributed by atoms with Gasteiger partial charge in [0.25, 0.3) is 0 Å². The van der Waals surface area contributed by atoms with Crippen LogP contribution in [-0.2, 0) is 9.59 Å². The van der Waals surface area contributed by atoms with E-state index in [0.29, 0.717) is 11.4 Å². The first-order chi connectivity index (χ1) is 11.5. The first kappa shape index (κ1) is 16.8. The van der Waals surface area contributed by atoms with Gasteiger partial charge in [-0.15, -0.1) is 0 Å². The minimum absolute atomic E-state index is 0.107. The highest BCUT2D eigenvalue weighted by Crippen LogP contribution is 2.23. The zero-order chi connectivity index (χ0) is 17.5. The summed E-state index contributed by atoms with van der Waals surface area (Å²) in [6.07, 6.45) is 1.14. The number of aromatic hydroxyl groups is 2. The van der Waals surface area contributed by atoms with Crippen molar-refractivity contribution >= 4 is 23.7 Å². The van der Waals surface area contributed by atoms with Crippen molar-refractivity contribution in [3.8, 4) is 17.2 Å². The van der Waals surface area contributed by atoms with E-state index in [9.17, 15) is 14.7 Å².